The third-order valence-electron chi connectivity index (χ3n) is 6.47. The summed E-state index contributed by atoms with van der Waals surface area (Å²) in [6.07, 6.45) is 0. The monoisotopic (exact) mass is 460 g/mol. The van der Waals surface area contributed by atoms with Gasteiger partial charge in [-0.2, -0.15) is 0 Å². The van der Waals surface area contributed by atoms with Crippen molar-refractivity contribution in [3.63, 3.8) is 0 Å². The maximum atomic E-state index is 13.4. The number of carbonyl (C=O) groups is 1. The van der Waals surface area contributed by atoms with E-state index in [4.69, 9.17) is 21.1 Å². The predicted octanol–water partition coefficient (Wildman–Crippen LogP) is 5.65. The minimum Gasteiger partial charge on any atom is -0.497 e. The molecule has 33 heavy (non-hydrogen) atoms. The molecule has 0 aliphatic carbocycles. The normalized spacial score (nSPS) is 15.2. The van der Waals surface area contributed by atoms with E-state index in [2.05, 4.69) is 23.7 Å². The first-order chi connectivity index (χ1) is 16.1. The number of fused-ring (bicyclic) bond motifs is 2. The maximum Gasteiger partial charge on any atom is 0.255 e. The molecular formula is C27H25ClN2O3. The van der Waals surface area contributed by atoms with E-state index in [0.717, 1.165) is 50.3 Å². The van der Waals surface area contributed by atoms with Gasteiger partial charge in [0.1, 0.15) is 11.5 Å². The molecule has 0 N–H and O–H groups in total. The Hall–Kier alpha value is -3.44. The van der Waals surface area contributed by atoms with Gasteiger partial charge in [0.05, 0.1) is 26.0 Å². The van der Waals surface area contributed by atoms with Gasteiger partial charge in [-0.05, 0) is 35.9 Å². The average Bonchev–Trinajstić information content (AvgIpc) is 3.30. The standard InChI is InChI=1S/C27H25ClN2O3/c1-29-22-11-7-6-10-20(22)24(25(29)21-16-17(32-2)12-13-23(21)33-3)26-18-8-4-5-9-19(18)27(31)30(26)15-14-28/h4-13,16,26H,14-15H2,1-3H3/t26-/m0/s1. The van der Waals surface area contributed by atoms with Crippen LogP contribution in [0.25, 0.3) is 22.2 Å². The van der Waals surface area contributed by atoms with Crippen LogP contribution in [-0.2, 0) is 7.05 Å². The van der Waals surface area contributed by atoms with Crippen LogP contribution in [0.3, 0.4) is 0 Å². The number of carbonyl (C=O) groups excluding carboxylic acids is 1. The number of aromatic nitrogens is 1. The van der Waals surface area contributed by atoms with Gasteiger partial charge in [0.15, 0.2) is 0 Å². The highest BCUT2D eigenvalue weighted by atomic mass is 35.5. The van der Waals surface area contributed by atoms with Gasteiger partial charge in [-0.15, -0.1) is 11.6 Å². The van der Waals surface area contributed by atoms with Gasteiger partial charge in [0, 0.05) is 47.1 Å². The van der Waals surface area contributed by atoms with E-state index in [0.29, 0.717) is 12.4 Å². The quantitative estimate of drug-likeness (QED) is 0.349. The summed E-state index contributed by atoms with van der Waals surface area (Å²) >= 11 is 6.17. The summed E-state index contributed by atoms with van der Waals surface area (Å²) in [6.45, 7) is 0.456. The minimum atomic E-state index is -0.260. The molecule has 1 aliphatic rings. The number of amides is 1. The van der Waals surface area contributed by atoms with Gasteiger partial charge < -0.3 is 18.9 Å². The number of hydrogen-bond acceptors (Lipinski definition) is 3. The average molecular weight is 461 g/mol. The number of methoxy groups -OCH3 is 2. The molecule has 6 heteroatoms. The van der Waals surface area contributed by atoms with E-state index in [-0.39, 0.29) is 11.9 Å². The van der Waals surface area contributed by atoms with Gasteiger partial charge in [-0.1, -0.05) is 36.4 Å². The third kappa shape index (κ3) is 3.26. The zero-order valence-electron chi connectivity index (χ0n) is 18.8. The van der Waals surface area contributed by atoms with Crippen LogP contribution in [0.4, 0.5) is 0 Å². The number of alkyl halides is 1. The van der Waals surface area contributed by atoms with Crippen molar-refractivity contribution in [2.45, 2.75) is 6.04 Å². The summed E-state index contributed by atoms with van der Waals surface area (Å²) in [4.78, 5) is 15.3. The highest BCUT2D eigenvalue weighted by molar-refractivity contribution is 6.18. The number of aryl methyl sites for hydroxylation is 1. The fourth-order valence-electron chi connectivity index (χ4n) is 5.03. The molecule has 0 spiro atoms. The van der Waals surface area contributed by atoms with E-state index >= 15 is 0 Å². The van der Waals surface area contributed by atoms with Gasteiger partial charge >= 0.3 is 0 Å². The summed E-state index contributed by atoms with van der Waals surface area (Å²) in [5.74, 6) is 1.85. The largest absolute Gasteiger partial charge is 0.497 e. The van der Waals surface area contributed by atoms with Crippen molar-refractivity contribution in [3.8, 4) is 22.8 Å². The first-order valence-electron chi connectivity index (χ1n) is 10.9. The van der Waals surface area contributed by atoms with Gasteiger partial charge in [-0.3, -0.25) is 4.79 Å². The fourth-order valence-corrected chi connectivity index (χ4v) is 5.21. The molecule has 5 rings (SSSR count). The van der Waals surface area contributed by atoms with E-state index < -0.39 is 0 Å². The first kappa shape index (κ1) is 21.4. The van der Waals surface area contributed by atoms with Crippen LogP contribution in [0.5, 0.6) is 11.5 Å². The second kappa shape index (κ2) is 8.49. The molecule has 2 heterocycles. The van der Waals surface area contributed by atoms with E-state index in [9.17, 15) is 4.79 Å². The number of hydrogen-bond donors (Lipinski definition) is 0. The molecule has 3 aromatic carbocycles. The molecule has 168 valence electrons. The van der Waals surface area contributed by atoms with Crippen molar-refractivity contribution in [1.29, 1.82) is 0 Å². The lowest BCUT2D eigenvalue weighted by Crippen LogP contribution is -2.30. The fraction of sp³-hybridized carbons (Fsp3) is 0.222. The highest BCUT2D eigenvalue weighted by Crippen LogP contribution is 2.48. The molecule has 5 nitrogen and oxygen atoms in total. The summed E-state index contributed by atoms with van der Waals surface area (Å²) in [5.41, 5.74) is 5.75. The van der Waals surface area contributed by atoms with Crippen LogP contribution in [0, 0.1) is 0 Å². The predicted molar refractivity (Wildman–Crippen MR) is 132 cm³/mol. The van der Waals surface area contributed by atoms with Crippen LogP contribution < -0.4 is 9.47 Å². The van der Waals surface area contributed by atoms with Crippen LogP contribution in [0.2, 0.25) is 0 Å². The Morgan fingerprint density at radius 2 is 1.70 bits per heavy atom. The van der Waals surface area contributed by atoms with Crippen molar-refractivity contribution in [3.05, 3.63) is 83.4 Å². The van der Waals surface area contributed by atoms with Gasteiger partial charge in [0.25, 0.3) is 5.91 Å². The Bertz CT molecular complexity index is 1360. The van der Waals surface area contributed by atoms with Crippen LogP contribution in [0.1, 0.15) is 27.5 Å². The van der Waals surface area contributed by atoms with Crippen molar-refractivity contribution >= 4 is 28.4 Å². The SMILES string of the molecule is COc1ccc(OC)c(-c2c([C@@H]3c4ccccc4C(=O)N3CCCl)c3ccccc3n2C)c1. The van der Waals surface area contributed by atoms with E-state index in [1.54, 1.807) is 14.2 Å². The number of halogens is 1. The van der Waals surface area contributed by atoms with Crippen molar-refractivity contribution in [1.82, 2.24) is 9.47 Å². The zero-order chi connectivity index (χ0) is 23.1. The summed E-state index contributed by atoms with van der Waals surface area (Å²) < 4.78 is 13.5. The number of rotatable bonds is 6. The maximum absolute atomic E-state index is 13.4. The second-order valence-corrected chi connectivity index (χ2v) is 8.46. The molecule has 1 aliphatic heterocycles. The molecule has 1 atom stereocenters. The molecule has 0 bridgehead atoms. The van der Waals surface area contributed by atoms with Crippen molar-refractivity contribution < 1.29 is 14.3 Å². The Kier molecular flexibility index (Phi) is 5.51. The molecule has 4 aromatic rings. The molecule has 0 saturated heterocycles. The molecule has 0 fully saturated rings. The Balaban J connectivity index is 1.88. The molecule has 0 unspecified atom stereocenters. The number of para-hydroxylation sites is 1. The summed E-state index contributed by atoms with van der Waals surface area (Å²) in [6, 6.07) is 21.7. The summed E-state index contributed by atoms with van der Waals surface area (Å²) in [5, 5.41) is 1.09. The second-order valence-electron chi connectivity index (χ2n) is 8.08. The molecule has 1 aromatic heterocycles. The van der Waals surface area contributed by atoms with Gasteiger partial charge in [-0.25, -0.2) is 0 Å². The lowest BCUT2D eigenvalue weighted by atomic mass is 9.92. The van der Waals surface area contributed by atoms with Crippen LogP contribution in [-0.4, -0.2) is 42.0 Å². The molecule has 0 saturated carbocycles. The third-order valence-corrected chi connectivity index (χ3v) is 6.63. The molecule has 0 radical (unpaired) electrons. The van der Waals surface area contributed by atoms with Crippen molar-refractivity contribution in [2.24, 2.45) is 7.05 Å². The lowest BCUT2D eigenvalue weighted by molar-refractivity contribution is 0.0762. The topological polar surface area (TPSA) is 43.7 Å². The number of benzene rings is 3. The van der Waals surface area contributed by atoms with E-state index in [1.165, 1.54) is 0 Å². The van der Waals surface area contributed by atoms with Crippen molar-refractivity contribution in [2.75, 3.05) is 26.6 Å². The number of nitrogens with zero attached hydrogens (tertiary/aromatic N) is 2. The highest BCUT2D eigenvalue weighted by Gasteiger charge is 2.40. The Morgan fingerprint density at radius 3 is 2.45 bits per heavy atom. The Labute approximate surface area is 198 Å². The molecule has 1 amide bonds. The van der Waals surface area contributed by atoms with Crippen LogP contribution >= 0.6 is 11.6 Å². The smallest absolute Gasteiger partial charge is 0.255 e. The molecular weight excluding hydrogens is 436 g/mol. The number of ether oxygens (including phenoxy) is 2. The first-order valence-corrected chi connectivity index (χ1v) is 11.4. The zero-order valence-corrected chi connectivity index (χ0v) is 19.6. The minimum absolute atomic E-state index is 0.00717. The van der Waals surface area contributed by atoms with Crippen LogP contribution in [0.15, 0.2) is 66.7 Å². The lowest BCUT2D eigenvalue weighted by Gasteiger charge is -2.26. The van der Waals surface area contributed by atoms with Gasteiger partial charge in [0.2, 0.25) is 0 Å². The summed E-state index contributed by atoms with van der Waals surface area (Å²) in [7, 11) is 5.37. The van der Waals surface area contributed by atoms with E-state index in [1.807, 2.05) is 59.5 Å². The Morgan fingerprint density at radius 1 is 0.939 bits per heavy atom.